The molecule has 0 saturated carbocycles. The highest BCUT2D eigenvalue weighted by Crippen LogP contribution is 2.27. The molecule has 0 aliphatic carbocycles. The largest absolute Gasteiger partial charge is 0.478 e. The number of nitro benzene ring substituents is 1. The Morgan fingerprint density at radius 1 is 1.55 bits per heavy atom. The zero-order chi connectivity index (χ0) is 15.3. The topological polar surface area (TPSA) is 102 Å². The van der Waals surface area contributed by atoms with Gasteiger partial charge in [-0.3, -0.25) is 10.1 Å². The van der Waals surface area contributed by atoms with Crippen molar-refractivity contribution < 1.29 is 24.0 Å². The zero-order valence-electron chi connectivity index (χ0n) is 11.1. The summed E-state index contributed by atoms with van der Waals surface area (Å²) >= 11 is 0. The zero-order valence-corrected chi connectivity index (χ0v) is 11.1. The molecule has 0 unspecified atom stereocenters. The summed E-state index contributed by atoms with van der Waals surface area (Å²) in [6.45, 7) is 4.20. The average molecular weight is 286 g/mol. The van der Waals surface area contributed by atoms with Crippen LogP contribution in [0.25, 0.3) is 0 Å². The Balaban J connectivity index is 2.92. The molecule has 0 heterocycles. The molecule has 0 atom stereocenters. The van der Waals surface area contributed by atoms with Crippen LogP contribution in [0.15, 0.2) is 12.1 Å². The van der Waals surface area contributed by atoms with Crippen LogP contribution in [0.3, 0.4) is 0 Å². The van der Waals surface area contributed by atoms with Gasteiger partial charge in [-0.25, -0.2) is 9.18 Å². The lowest BCUT2D eigenvalue weighted by Gasteiger charge is -2.10. The molecule has 0 aliphatic heterocycles. The van der Waals surface area contributed by atoms with E-state index in [1.54, 1.807) is 0 Å². The van der Waals surface area contributed by atoms with Crippen molar-refractivity contribution in [1.82, 2.24) is 0 Å². The van der Waals surface area contributed by atoms with Gasteiger partial charge >= 0.3 is 5.97 Å². The minimum atomic E-state index is -1.56. The van der Waals surface area contributed by atoms with Crippen LogP contribution in [0.5, 0.6) is 0 Å². The summed E-state index contributed by atoms with van der Waals surface area (Å²) in [5.74, 6) is -2.59. The van der Waals surface area contributed by atoms with E-state index in [0.717, 1.165) is 6.07 Å². The number of nitrogens with zero attached hydrogens (tertiary/aromatic N) is 1. The summed E-state index contributed by atoms with van der Waals surface area (Å²) < 4.78 is 18.7. The molecule has 0 fully saturated rings. The number of nitro groups is 1. The molecule has 7 nitrogen and oxygen atoms in total. The van der Waals surface area contributed by atoms with Crippen LogP contribution < -0.4 is 5.32 Å². The fourth-order valence-corrected chi connectivity index (χ4v) is 1.50. The first kappa shape index (κ1) is 15.8. The first-order valence-corrected chi connectivity index (χ1v) is 5.89. The van der Waals surface area contributed by atoms with Gasteiger partial charge in [0.15, 0.2) is 0 Å². The van der Waals surface area contributed by atoms with E-state index < -0.39 is 28.0 Å². The summed E-state index contributed by atoms with van der Waals surface area (Å²) in [6.07, 6.45) is 0.0120. The summed E-state index contributed by atoms with van der Waals surface area (Å²) in [4.78, 5) is 20.8. The first-order chi connectivity index (χ1) is 9.32. The van der Waals surface area contributed by atoms with Crippen molar-refractivity contribution in [2.75, 3.05) is 18.5 Å². The highest BCUT2D eigenvalue weighted by atomic mass is 19.1. The average Bonchev–Trinajstić information content (AvgIpc) is 2.33. The maximum atomic E-state index is 13.5. The molecular formula is C12H15FN2O5. The highest BCUT2D eigenvalue weighted by molar-refractivity contribution is 5.90. The number of carboxylic acids is 1. The first-order valence-electron chi connectivity index (χ1n) is 5.89. The predicted molar refractivity (Wildman–Crippen MR) is 69.6 cm³/mol. The molecule has 110 valence electrons. The van der Waals surface area contributed by atoms with Gasteiger partial charge in [-0.2, -0.15) is 0 Å². The van der Waals surface area contributed by atoms with Crippen molar-refractivity contribution in [3.05, 3.63) is 33.6 Å². The minimum absolute atomic E-state index is 0.0120. The Kier molecular flexibility index (Phi) is 5.39. The molecule has 0 radical (unpaired) electrons. The Labute approximate surface area is 114 Å². The van der Waals surface area contributed by atoms with E-state index in [4.69, 9.17) is 9.84 Å². The van der Waals surface area contributed by atoms with Gasteiger partial charge in [0.2, 0.25) is 0 Å². The lowest BCUT2D eigenvalue weighted by atomic mass is 10.1. The number of ether oxygens (including phenoxy) is 1. The maximum Gasteiger partial charge on any atom is 0.338 e. The molecule has 8 heteroatoms. The van der Waals surface area contributed by atoms with Crippen LogP contribution in [0.1, 0.15) is 24.2 Å². The fourth-order valence-electron chi connectivity index (χ4n) is 1.50. The van der Waals surface area contributed by atoms with Crippen molar-refractivity contribution in [2.24, 2.45) is 0 Å². The van der Waals surface area contributed by atoms with E-state index >= 15 is 0 Å². The van der Waals surface area contributed by atoms with Gasteiger partial charge in [-0.05, 0) is 13.8 Å². The Morgan fingerprint density at radius 3 is 2.70 bits per heavy atom. The van der Waals surface area contributed by atoms with E-state index in [9.17, 15) is 19.3 Å². The van der Waals surface area contributed by atoms with Crippen molar-refractivity contribution in [3.63, 3.8) is 0 Å². The number of aromatic carboxylic acids is 1. The second-order valence-electron chi connectivity index (χ2n) is 4.26. The van der Waals surface area contributed by atoms with Crippen LogP contribution in [0, 0.1) is 15.9 Å². The van der Waals surface area contributed by atoms with Crippen LogP contribution in [0.2, 0.25) is 0 Å². The molecule has 0 bridgehead atoms. The lowest BCUT2D eigenvalue weighted by Crippen LogP contribution is -2.14. The van der Waals surface area contributed by atoms with E-state index in [1.807, 2.05) is 13.8 Å². The predicted octanol–water partition coefficient (Wildman–Crippen LogP) is 2.27. The second kappa shape index (κ2) is 6.80. The molecule has 1 aromatic carbocycles. The smallest absolute Gasteiger partial charge is 0.338 e. The third-order valence-electron chi connectivity index (χ3n) is 2.38. The highest BCUT2D eigenvalue weighted by Gasteiger charge is 2.21. The van der Waals surface area contributed by atoms with Crippen LogP contribution in [0.4, 0.5) is 15.8 Å². The molecule has 1 rings (SSSR count). The number of carbonyl (C=O) groups is 1. The number of halogens is 1. The van der Waals surface area contributed by atoms with Gasteiger partial charge in [0.1, 0.15) is 17.1 Å². The van der Waals surface area contributed by atoms with Gasteiger partial charge in [-0.1, -0.05) is 0 Å². The fraction of sp³-hybridized carbons (Fsp3) is 0.417. The third kappa shape index (κ3) is 4.16. The van der Waals surface area contributed by atoms with Gasteiger partial charge in [0.05, 0.1) is 17.6 Å². The van der Waals surface area contributed by atoms with Crippen molar-refractivity contribution >= 4 is 17.3 Å². The van der Waals surface area contributed by atoms with E-state index in [0.29, 0.717) is 6.07 Å². The number of carboxylic acid groups (broad SMARTS) is 1. The third-order valence-corrected chi connectivity index (χ3v) is 2.38. The van der Waals surface area contributed by atoms with Gasteiger partial charge in [-0.15, -0.1) is 0 Å². The van der Waals surface area contributed by atoms with Gasteiger partial charge < -0.3 is 15.2 Å². The number of benzene rings is 1. The summed E-state index contributed by atoms with van der Waals surface area (Å²) in [5.41, 5.74) is -1.31. The molecule has 0 aliphatic rings. The van der Waals surface area contributed by atoms with Gasteiger partial charge in [0.25, 0.3) is 5.69 Å². The quantitative estimate of drug-likeness (QED) is 0.453. The van der Waals surface area contributed by atoms with E-state index in [2.05, 4.69) is 5.32 Å². The number of anilines is 1. The number of hydrogen-bond donors (Lipinski definition) is 2. The molecule has 2 N–H and O–H groups in total. The van der Waals surface area contributed by atoms with E-state index in [1.165, 1.54) is 0 Å². The second-order valence-corrected chi connectivity index (χ2v) is 4.26. The number of nitrogens with one attached hydrogen (secondary N) is 1. The summed E-state index contributed by atoms with van der Waals surface area (Å²) in [7, 11) is 0. The standard InChI is InChI=1S/C12H15FN2O5/c1-7(2)20-4-3-14-10-6-9(13)8(12(16)17)5-11(10)15(18)19/h5-7,14H,3-4H2,1-2H3,(H,16,17). The van der Waals surface area contributed by atoms with E-state index in [-0.39, 0.29) is 24.9 Å². The molecule has 0 saturated heterocycles. The number of hydrogen-bond acceptors (Lipinski definition) is 5. The Hall–Kier alpha value is -2.22. The Morgan fingerprint density at radius 2 is 2.20 bits per heavy atom. The van der Waals surface area contributed by atoms with Crippen molar-refractivity contribution in [1.29, 1.82) is 0 Å². The van der Waals surface area contributed by atoms with Crippen molar-refractivity contribution in [2.45, 2.75) is 20.0 Å². The molecular weight excluding hydrogens is 271 g/mol. The minimum Gasteiger partial charge on any atom is -0.478 e. The molecule has 1 aromatic rings. The normalized spacial score (nSPS) is 10.6. The summed E-state index contributed by atoms with van der Waals surface area (Å²) in [5, 5.41) is 22.3. The number of rotatable bonds is 7. The monoisotopic (exact) mass is 286 g/mol. The molecule has 20 heavy (non-hydrogen) atoms. The Bertz CT molecular complexity index is 519. The molecule has 0 amide bonds. The summed E-state index contributed by atoms with van der Waals surface area (Å²) in [6, 6.07) is 1.50. The van der Waals surface area contributed by atoms with Crippen LogP contribution in [-0.2, 0) is 4.74 Å². The molecule has 0 spiro atoms. The molecule has 0 aromatic heterocycles. The van der Waals surface area contributed by atoms with Crippen LogP contribution >= 0.6 is 0 Å². The lowest BCUT2D eigenvalue weighted by molar-refractivity contribution is -0.384. The van der Waals surface area contributed by atoms with Crippen molar-refractivity contribution in [3.8, 4) is 0 Å². The maximum absolute atomic E-state index is 13.5. The van der Waals surface area contributed by atoms with Crippen LogP contribution in [-0.4, -0.2) is 35.3 Å². The van der Waals surface area contributed by atoms with Gasteiger partial charge in [0, 0.05) is 18.7 Å². The SMILES string of the molecule is CC(C)OCCNc1cc(F)c(C(=O)O)cc1[N+](=O)[O-].